The van der Waals surface area contributed by atoms with Crippen molar-refractivity contribution in [1.29, 1.82) is 0 Å². The van der Waals surface area contributed by atoms with Gasteiger partial charge in [-0.3, -0.25) is 0 Å². The summed E-state index contributed by atoms with van der Waals surface area (Å²) in [4.78, 5) is 0. The first-order chi connectivity index (χ1) is 9.74. The maximum Gasteiger partial charge on any atom is 0.231 e. The average molecular weight is 271 g/mol. The number of aromatic hydroxyl groups is 1. The van der Waals surface area contributed by atoms with E-state index in [1.54, 1.807) is 6.07 Å². The van der Waals surface area contributed by atoms with Crippen molar-refractivity contribution in [2.24, 2.45) is 0 Å². The van der Waals surface area contributed by atoms with Gasteiger partial charge in [0.25, 0.3) is 0 Å². The molecule has 1 aliphatic heterocycles. The lowest BCUT2D eigenvalue weighted by atomic mass is 10.1. The number of rotatable bonds is 4. The van der Waals surface area contributed by atoms with Gasteiger partial charge in [0, 0.05) is 18.2 Å². The zero-order chi connectivity index (χ0) is 13.9. The first-order valence-electron chi connectivity index (χ1n) is 6.64. The molecule has 20 heavy (non-hydrogen) atoms. The maximum absolute atomic E-state index is 9.83. The van der Waals surface area contributed by atoms with Crippen molar-refractivity contribution in [2.75, 3.05) is 6.79 Å². The number of hydrogen-bond donors (Lipinski definition) is 2. The zero-order valence-corrected chi connectivity index (χ0v) is 11.3. The van der Waals surface area contributed by atoms with Gasteiger partial charge >= 0.3 is 0 Å². The molecule has 0 bridgehead atoms. The van der Waals surface area contributed by atoms with Crippen molar-refractivity contribution in [1.82, 2.24) is 5.32 Å². The second-order valence-electron chi connectivity index (χ2n) is 4.85. The molecule has 0 saturated heterocycles. The number of phenols is 1. The van der Waals surface area contributed by atoms with Gasteiger partial charge in [-0.05, 0) is 30.7 Å². The monoisotopic (exact) mass is 271 g/mol. The highest BCUT2D eigenvalue weighted by Crippen LogP contribution is 2.32. The van der Waals surface area contributed by atoms with Crippen LogP contribution in [-0.2, 0) is 6.54 Å². The molecular formula is C16H17NO3. The van der Waals surface area contributed by atoms with E-state index in [1.807, 2.05) is 43.3 Å². The van der Waals surface area contributed by atoms with Gasteiger partial charge in [-0.1, -0.05) is 24.3 Å². The number of phenolic OH excluding ortho intramolecular Hbond substituents is 1. The molecule has 1 atom stereocenters. The number of ether oxygens (including phenoxy) is 2. The number of nitrogens with one attached hydrogen (secondary N) is 1. The first-order valence-corrected chi connectivity index (χ1v) is 6.64. The van der Waals surface area contributed by atoms with Crippen molar-refractivity contribution in [3.05, 3.63) is 53.6 Å². The number of fused-ring (bicyclic) bond motifs is 1. The van der Waals surface area contributed by atoms with Gasteiger partial charge in [0.15, 0.2) is 11.5 Å². The van der Waals surface area contributed by atoms with E-state index < -0.39 is 0 Å². The van der Waals surface area contributed by atoms with Gasteiger partial charge in [0.05, 0.1) is 0 Å². The molecule has 1 aliphatic rings. The third-order valence-electron chi connectivity index (χ3n) is 3.45. The largest absolute Gasteiger partial charge is 0.508 e. The molecule has 0 radical (unpaired) electrons. The quantitative estimate of drug-likeness (QED) is 0.897. The van der Waals surface area contributed by atoms with Crippen LogP contribution in [0.5, 0.6) is 17.2 Å². The SMILES string of the molecule is CC(NCc1ccc2c(c1)OCO2)c1ccccc1O. The van der Waals surface area contributed by atoms with Gasteiger partial charge in [-0.15, -0.1) is 0 Å². The van der Waals surface area contributed by atoms with E-state index in [4.69, 9.17) is 9.47 Å². The molecule has 2 aromatic rings. The first kappa shape index (κ1) is 12.8. The minimum absolute atomic E-state index is 0.0709. The smallest absolute Gasteiger partial charge is 0.231 e. The fourth-order valence-electron chi connectivity index (χ4n) is 2.29. The third-order valence-corrected chi connectivity index (χ3v) is 3.45. The van der Waals surface area contributed by atoms with E-state index >= 15 is 0 Å². The van der Waals surface area contributed by atoms with E-state index in [0.29, 0.717) is 19.1 Å². The molecule has 104 valence electrons. The minimum atomic E-state index is 0.0709. The summed E-state index contributed by atoms with van der Waals surface area (Å²) in [6, 6.07) is 13.4. The summed E-state index contributed by atoms with van der Waals surface area (Å²) >= 11 is 0. The van der Waals surface area contributed by atoms with Gasteiger partial charge in [0.2, 0.25) is 6.79 Å². The van der Waals surface area contributed by atoms with Crippen molar-refractivity contribution in [3.63, 3.8) is 0 Å². The van der Waals surface area contributed by atoms with Crippen molar-refractivity contribution in [3.8, 4) is 17.2 Å². The Morgan fingerprint density at radius 3 is 2.80 bits per heavy atom. The van der Waals surface area contributed by atoms with E-state index in [0.717, 1.165) is 22.6 Å². The van der Waals surface area contributed by atoms with Crippen LogP contribution in [0.25, 0.3) is 0 Å². The Kier molecular flexibility index (Phi) is 3.48. The summed E-state index contributed by atoms with van der Waals surface area (Å²) in [6.07, 6.45) is 0. The summed E-state index contributed by atoms with van der Waals surface area (Å²) in [7, 11) is 0. The lowest BCUT2D eigenvalue weighted by molar-refractivity contribution is 0.174. The Balaban J connectivity index is 1.66. The summed E-state index contributed by atoms with van der Waals surface area (Å²) < 4.78 is 10.6. The highest BCUT2D eigenvalue weighted by Gasteiger charge is 2.14. The second kappa shape index (κ2) is 5.43. The summed E-state index contributed by atoms with van der Waals surface area (Å²) in [5.41, 5.74) is 2.02. The number of hydrogen-bond acceptors (Lipinski definition) is 4. The Labute approximate surface area is 118 Å². The summed E-state index contributed by atoms with van der Waals surface area (Å²) in [5, 5.41) is 13.2. The van der Waals surface area contributed by atoms with Crippen molar-refractivity contribution in [2.45, 2.75) is 19.5 Å². The van der Waals surface area contributed by atoms with Crippen LogP contribution in [0.4, 0.5) is 0 Å². The Morgan fingerprint density at radius 2 is 1.95 bits per heavy atom. The lowest BCUT2D eigenvalue weighted by Gasteiger charge is -2.15. The molecule has 0 spiro atoms. The van der Waals surface area contributed by atoms with Gasteiger partial charge in [-0.25, -0.2) is 0 Å². The van der Waals surface area contributed by atoms with Gasteiger partial charge in [0.1, 0.15) is 5.75 Å². The molecule has 2 N–H and O–H groups in total. The van der Waals surface area contributed by atoms with Crippen molar-refractivity contribution < 1.29 is 14.6 Å². The van der Waals surface area contributed by atoms with E-state index in [1.165, 1.54) is 0 Å². The van der Waals surface area contributed by atoms with Crippen LogP contribution in [0, 0.1) is 0 Å². The average Bonchev–Trinajstić information content (AvgIpc) is 2.92. The van der Waals surface area contributed by atoms with Crippen LogP contribution in [0.1, 0.15) is 24.1 Å². The molecule has 0 amide bonds. The highest BCUT2D eigenvalue weighted by molar-refractivity contribution is 5.44. The minimum Gasteiger partial charge on any atom is -0.508 e. The number of para-hydroxylation sites is 1. The standard InChI is InChI=1S/C16H17NO3/c1-11(13-4-2-3-5-14(13)18)17-9-12-6-7-15-16(8-12)20-10-19-15/h2-8,11,17-18H,9-10H2,1H3. The molecular weight excluding hydrogens is 254 g/mol. The molecule has 0 aromatic heterocycles. The molecule has 2 aromatic carbocycles. The fourth-order valence-corrected chi connectivity index (χ4v) is 2.29. The summed E-state index contributed by atoms with van der Waals surface area (Å²) in [6.45, 7) is 3.02. The van der Waals surface area contributed by atoms with Crippen LogP contribution in [0.15, 0.2) is 42.5 Å². The lowest BCUT2D eigenvalue weighted by Crippen LogP contribution is -2.18. The molecule has 3 rings (SSSR count). The topological polar surface area (TPSA) is 50.7 Å². The molecule has 0 saturated carbocycles. The molecule has 1 heterocycles. The molecule has 0 aliphatic carbocycles. The van der Waals surface area contributed by atoms with E-state index in [2.05, 4.69) is 5.32 Å². The second-order valence-corrected chi connectivity index (χ2v) is 4.85. The Hall–Kier alpha value is -2.20. The Morgan fingerprint density at radius 1 is 1.15 bits per heavy atom. The number of benzene rings is 2. The predicted molar refractivity (Wildman–Crippen MR) is 75.9 cm³/mol. The molecule has 4 heteroatoms. The molecule has 1 unspecified atom stereocenters. The van der Waals surface area contributed by atoms with Crippen molar-refractivity contribution >= 4 is 0 Å². The van der Waals surface area contributed by atoms with E-state index in [9.17, 15) is 5.11 Å². The van der Waals surface area contributed by atoms with Crippen LogP contribution in [-0.4, -0.2) is 11.9 Å². The van der Waals surface area contributed by atoms with Crippen LogP contribution in [0.3, 0.4) is 0 Å². The fraction of sp³-hybridized carbons (Fsp3) is 0.250. The van der Waals surface area contributed by atoms with Crippen LogP contribution in [0.2, 0.25) is 0 Å². The predicted octanol–water partition coefficient (Wildman–Crippen LogP) is 2.97. The maximum atomic E-state index is 9.83. The molecule has 4 nitrogen and oxygen atoms in total. The summed E-state index contributed by atoms with van der Waals surface area (Å²) in [5.74, 6) is 1.90. The normalized spacial score (nSPS) is 14.2. The van der Waals surface area contributed by atoms with Crippen LogP contribution < -0.4 is 14.8 Å². The van der Waals surface area contributed by atoms with Crippen LogP contribution >= 0.6 is 0 Å². The molecule has 0 fully saturated rings. The zero-order valence-electron chi connectivity index (χ0n) is 11.3. The Bertz CT molecular complexity index is 612. The van der Waals surface area contributed by atoms with E-state index in [-0.39, 0.29) is 6.04 Å². The van der Waals surface area contributed by atoms with Gasteiger partial charge < -0.3 is 19.9 Å². The third kappa shape index (κ3) is 2.56. The highest BCUT2D eigenvalue weighted by atomic mass is 16.7. The van der Waals surface area contributed by atoms with Gasteiger partial charge in [-0.2, -0.15) is 0 Å².